The molecule has 0 aromatic rings. The third-order valence-corrected chi connectivity index (χ3v) is 9.83. The zero-order valence-corrected chi connectivity index (χ0v) is 23.0. The van der Waals surface area contributed by atoms with Gasteiger partial charge in [0.05, 0.1) is 18.8 Å². The van der Waals surface area contributed by atoms with E-state index in [1.807, 2.05) is 0 Å². The summed E-state index contributed by atoms with van der Waals surface area (Å²) in [7, 11) is 0. The number of rotatable bonds is 9. The van der Waals surface area contributed by atoms with E-state index in [0.29, 0.717) is 44.1 Å². The highest BCUT2D eigenvalue weighted by atomic mass is 16.5. The second-order valence-electron chi connectivity index (χ2n) is 12.3. The van der Waals surface area contributed by atoms with Gasteiger partial charge in [0.2, 0.25) is 0 Å². The predicted molar refractivity (Wildman–Crippen MR) is 146 cm³/mol. The lowest BCUT2D eigenvalue weighted by Crippen LogP contribution is -2.35. The van der Waals surface area contributed by atoms with E-state index >= 15 is 0 Å². The van der Waals surface area contributed by atoms with Crippen LogP contribution in [0.1, 0.15) is 91.4 Å². The van der Waals surface area contributed by atoms with Gasteiger partial charge in [0.25, 0.3) is 0 Å². The Labute approximate surface area is 222 Å². The molecule has 2 N–H and O–H groups in total. The summed E-state index contributed by atoms with van der Waals surface area (Å²) in [4.78, 5) is 25.5. The minimum absolute atomic E-state index is 0.0894. The van der Waals surface area contributed by atoms with Crippen LogP contribution in [-0.2, 0) is 14.3 Å². The molecule has 6 atom stereocenters. The maximum Gasteiger partial charge on any atom is 0.319 e. The first-order chi connectivity index (χ1) is 17.6. The van der Waals surface area contributed by atoms with Gasteiger partial charge in [-0.2, -0.15) is 0 Å². The lowest BCUT2D eigenvalue weighted by molar-refractivity contribution is -0.153. The van der Waals surface area contributed by atoms with Gasteiger partial charge in [0.15, 0.2) is 5.78 Å². The zero-order valence-electron chi connectivity index (χ0n) is 23.0. The summed E-state index contributed by atoms with van der Waals surface area (Å²) in [5.74, 6) is 0.816. The minimum atomic E-state index is -0.926. The maximum absolute atomic E-state index is 13.0. The number of carbonyl (C=O) groups is 2. The molecule has 4 fully saturated rings. The van der Waals surface area contributed by atoms with Crippen LogP contribution in [0.2, 0.25) is 0 Å². The molecule has 5 heteroatoms. The van der Waals surface area contributed by atoms with Crippen molar-refractivity contribution in [3.8, 4) is 0 Å². The van der Waals surface area contributed by atoms with Crippen molar-refractivity contribution in [2.75, 3.05) is 6.61 Å². The second-order valence-corrected chi connectivity index (χ2v) is 12.3. The highest BCUT2D eigenvalue weighted by Crippen LogP contribution is 2.59. The summed E-state index contributed by atoms with van der Waals surface area (Å²) in [6.07, 6.45) is 16.4. The minimum Gasteiger partial charge on any atom is -0.465 e. The molecule has 0 bridgehead atoms. The van der Waals surface area contributed by atoms with Gasteiger partial charge >= 0.3 is 5.97 Å². The molecule has 4 aliphatic rings. The third-order valence-electron chi connectivity index (χ3n) is 9.83. The number of fused-ring (bicyclic) bond motifs is 1. The Morgan fingerprint density at radius 1 is 1.19 bits per heavy atom. The van der Waals surface area contributed by atoms with Crippen molar-refractivity contribution in [2.24, 2.45) is 28.6 Å². The molecule has 0 amide bonds. The number of esters is 1. The van der Waals surface area contributed by atoms with Gasteiger partial charge in [0, 0.05) is 6.42 Å². The van der Waals surface area contributed by atoms with Crippen molar-refractivity contribution in [3.05, 3.63) is 47.6 Å². The zero-order chi connectivity index (χ0) is 26.8. The fourth-order valence-corrected chi connectivity index (χ4v) is 7.26. The normalized spacial score (nSPS) is 36.1. The Morgan fingerprint density at radius 2 is 1.95 bits per heavy atom. The van der Waals surface area contributed by atoms with E-state index in [1.54, 1.807) is 6.08 Å². The molecular formula is C32H46O5. The monoisotopic (exact) mass is 510 g/mol. The van der Waals surface area contributed by atoms with Gasteiger partial charge in [-0.1, -0.05) is 57.6 Å². The lowest BCUT2D eigenvalue weighted by atomic mass is 9.61. The molecule has 0 heterocycles. The van der Waals surface area contributed by atoms with Gasteiger partial charge in [-0.05, 0) is 98.2 Å². The Morgan fingerprint density at radius 3 is 2.65 bits per heavy atom. The summed E-state index contributed by atoms with van der Waals surface area (Å²) in [5.41, 5.74) is 2.40. The number of aliphatic hydroxyl groups is 2. The van der Waals surface area contributed by atoms with Crippen LogP contribution in [-0.4, -0.2) is 40.8 Å². The number of ether oxygens (including phenoxy) is 1. The summed E-state index contributed by atoms with van der Waals surface area (Å²) in [5, 5.41) is 20.3. The highest BCUT2D eigenvalue weighted by molar-refractivity contribution is 6.11. The summed E-state index contributed by atoms with van der Waals surface area (Å²) < 4.78 is 5.38. The average Bonchev–Trinajstić information content (AvgIpc) is 3.60. The highest BCUT2D eigenvalue weighted by Gasteiger charge is 2.57. The second kappa shape index (κ2) is 11.4. The van der Waals surface area contributed by atoms with Crippen LogP contribution in [0.5, 0.6) is 0 Å². The van der Waals surface area contributed by atoms with E-state index in [1.165, 1.54) is 12.0 Å². The van der Waals surface area contributed by atoms with Gasteiger partial charge in [-0.25, -0.2) is 0 Å². The maximum atomic E-state index is 13.0. The third kappa shape index (κ3) is 5.73. The lowest BCUT2D eigenvalue weighted by Gasteiger charge is -2.44. The van der Waals surface area contributed by atoms with Gasteiger partial charge in [0.1, 0.15) is 5.41 Å². The Balaban J connectivity index is 1.42. The average molecular weight is 511 g/mol. The van der Waals surface area contributed by atoms with Gasteiger partial charge in [-0.15, -0.1) is 0 Å². The fraction of sp³-hybridized carbons (Fsp3) is 0.688. The summed E-state index contributed by atoms with van der Waals surface area (Å²) in [6, 6.07) is 0. The van der Waals surface area contributed by atoms with E-state index in [-0.39, 0.29) is 23.1 Å². The standard InChI is InChI=1S/C32H46O5/c1-5-6-18-37-30(36)32(16-17-32)29(35)14-9-21(2)26-12-13-27-23(8-7-15-31(26,27)4)10-11-24-19-25(33)20-28(34)22(24)3/h9-11,14,21,25-28,33-34H,3,5-8,12-13,15-20H2,1-2,4H3/b14-9+,23-10+,24-11-/t21-,25-,26-,27+,28+,31-/m1/s1. The van der Waals surface area contributed by atoms with Crippen LogP contribution in [0.25, 0.3) is 0 Å². The molecule has 0 aromatic carbocycles. The Bertz CT molecular complexity index is 983. The predicted octanol–water partition coefficient (Wildman–Crippen LogP) is 6.01. The first-order valence-electron chi connectivity index (χ1n) is 14.5. The SMILES string of the molecule is C=C1/C(=C\C=C2/CCC[C@]3(C)[C@@H]([C@H](C)/C=C/C(=O)C4(C(=O)OCCCC)CC4)CC[C@@H]23)C[C@@H](O)C[C@@H]1O. The first-order valence-corrected chi connectivity index (χ1v) is 14.5. The molecule has 37 heavy (non-hydrogen) atoms. The molecule has 4 aliphatic carbocycles. The largest absolute Gasteiger partial charge is 0.465 e. The van der Waals surface area contributed by atoms with Crippen LogP contribution in [0.15, 0.2) is 47.6 Å². The van der Waals surface area contributed by atoms with Crippen molar-refractivity contribution in [1.29, 1.82) is 0 Å². The van der Waals surface area contributed by atoms with Crippen molar-refractivity contribution in [3.63, 3.8) is 0 Å². The number of carbonyl (C=O) groups excluding carboxylic acids is 2. The topological polar surface area (TPSA) is 83.8 Å². The van der Waals surface area contributed by atoms with Gasteiger partial charge < -0.3 is 14.9 Å². The van der Waals surface area contributed by atoms with Crippen LogP contribution in [0, 0.1) is 28.6 Å². The fourth-order valence-electron chi connectivity index (χ4n) is 7.26. The molecule has 0 spiro atoms. The molecule has 0 aromatic heterocycles. The van der Waals surface area contributed by atoms with Crippen molar-refractivity contribution in [1.82, 2.24) is 0 Å². The van der Waals surface area contributed by atoms with Crippen LogP contribution in [0.3, 0.4) is 0 Å². The number of allylic oxidation sites excluding steroid dienone is 5. The molecule has 0 unspecified atom stereocenters. The number of aliphatic hydroxyl groups excluding tert-OH is 2. The van der Waals surface area contributed by atoms with E-state index in [9.17, 15) is 19.8 Å². The van der Waals surface area contributed by atoms with Crippen LogP contribution >= 0.6 is 0 Å². The number of hydrogen-bond acceptors (Lipinski definition) is 5. The quantitative estimate of drug-likeness (QED) is 0.172. The smallest absolute Gasteiger partial charge is 0.319 e. The van der Waals surface area contributed by atoms with Crippen molar-refractivity contribution >= 4 is 11.8 Å². The molecule has 0 radical (unpaired) electrons. The number of hydrogen-bond donors (Lipinski definition) is 2. The first kappa shape index (κ1) is 28.0. The molecule has 5 nitrogen and oxygen atoms in total. The molecule has 0 aliphatic heterocycles. The number of unbranched alkanes of at least 4 members (excludes halogenated alkanes) is 1. The van der Waals surface area contributed by atoms with Crippen molar-refractivity contribution in [2.45, 2.75) is 104 Å². The molecule has 4 saturated carbocycles. The molecule has 0 saturated heterocycles. The van der Waals surface area contributed by atoms with E-state index in [0.717, 1.165) is 49.7 Å². The molecule has 204 valence electrons. The van der Waals surface area contributed by atoms with E-state index < -0.39 is 17.6 Å². The van der Waals surface area contributed by atoms with Crippen molar-refractivity contribution < 1.29 is 24.5 Å². The Hall–Kier alpha value is -1.98. The molecule has 4 rings (SSSR count). The summed E-state index contributed by atoms with van der Waals surface area (Å²) >= 11 is 0. The van der Waals surface area contributed by atoms with E-state index in [4.69, 9.17) is 4.74 Å². The number of ketones is 1. The summed E-state index contributed by atoms with van der Waals surface area (Å²) in [6.45, 7) is 11.1. The van der Waals surface area contributed by atoms with Gasteiger partial charge in [-0.3, -0.25) is 9.59 Å². The Kier molecular flexibility index (Phi) is 8.65. The van der Waals surface area contributed by atoms with Crippen LogP contribution in [0.4, 0.5) is 0 Å². The molecular weight excluding hydrogens is 464 g/mol. The van der Waals surface area contributed by atoms with Crippen LogP contribution < -0.4 is 0 Å². The van der Waals surface area contributed by atoms with E-state index in [2.05, 4.69) is 45.6 Å².